The van der Waals surface area contributed by atoms with E-state index in [9.17, 15) is 9.59 Å². The summed E-state index contributed by atoms with van der Waals surface area (Å²) in [4.78, 5) is 23.7. The van der Waals surface area contributed by atoms with E-state index in [0.717, 1.165) is 82.7 Å². The monoisotopic (exact) mass is 486 g/mol. The van der Waals surface area contributed by atoms with Gasteiger partial charge in [0, 0.05) is 19.8 Å². The first-order valence-corrected chi connectivity index (χ1v) is 13.6. The number of carbonyl (C=O) groups is 2. The highest BCUT2D eigenvalue weighted by molar-refractivity contribution is 5.89. The van der Waals surface area contributed by atoms with Crippen molar-refractivity contribution in [2.75, 3.05) is 20.3 Å². The van der Waals surface area contributed by atoms with Gasteiger partial charge >= 0.3 is 11.9 Å². The normalized spacial score (nSPS) is 18.6. The number of hydrogen-bond acceptors (Lipinski definition) is 5. The lowest BCUT2D eigenvalue weighted by atomic mass is 9.75. The topological polar surface area (TPSA) is 61.8 Å². The predicted molar refractivity (Wildman–Crippen MR) is 140 cm³/mol. The van der Waals surface area contributed by atoms with Gasteiger partial charge in [0.05, 0.1) is 12.2 Å². The van der Waals surface area contributed by atoms with Gasteiger partial charge in [0.1, 0.15) is 6.10 Å². The number of ether oxygens (including phenoxy) is 3. The van der Waals surface area contributed by atoms with Gasteiger partial charge in [-0.3, -0.25) is 0 Å². The summed E-state index contributed by atoms with van der Waals surface area (Å²) in [6.07, 6.45) is 15.5. The van der Waals surface area contributed by atoms with Crippen LogP contribution in [0.2, 0.25) is 0 Å². The summed E-state index contributed by atoms with van der Waals surface area (Å²) in [7, 11) is 1.78. The molecule has 35 heavy (non-hydrogen) atoms. The lowest BCUT2D eigenvalue weighted by Gasteiger charge is -2.33. The predicted octanol–water partition coefficient (Wildman–Crippen LogP) is 7.08. The smallest absolute Gasteiger partial charge is 0.338 e. The average molecular weight is 487 g/mol. The molecule has 1 atom stereocenters. The fourth-order valence-corrected chi connectivity index (χ4v) is 5.20. The van der Waals surface area contributed by atoms with Gasteiger partial charge in [-0.1, -0.05) is 51.3 Å². The minimum absolute atomic E-state index is 0.0467. The Kier molecular flexibility index (Phi) is 14.4. The van der Waals surface area contributed by atoms with Crippen molar-refractivity contribution in [1.82, 2.24) is 0 Å². The van der Waals surface area contributed by atoms with Gasteiger partial charge in [0.25, 0.3) is 0 Å². The zero-order valence-corrected chi connectivity index (χ0v) is 22.0. The summed E-state index contributed by atoms with van der Waals surface area (Å²) >= 11 is 0. The summed E-state index contributed by atoms with van der Waals surface area (Å²) in [5, 5.41) is 0. The highest BCUT2D eigenvalue weighted by atomic mass is 16.5. The Morgan fingerprint density at radius 2 is 1.69 bits per heavy atom. The first-order chi connectivity index (χ1) is 17.1. The van der Waals surface area contributed by atoms with Crippen LogP contribution in [0.4, 0.5) is 0 Å². The van der Waals surface area contributed by atoms with Gasteiger partial charge < -0.3 is 14.2 Å². The van der Waals surface area contributed by atoms with Crippen LogP contribution >= 0.6 is 0 Å². The highest BCUT2D eigenvalue weighted by Gasteiger charge is 2.29. The third-order valence-corrected chi connectivity index (χ3v) is 7.20. The highest BCUT2D eigenvalue weighted by Crippen LogP contribution is 2.36. The molecule has 1 aromatic carbocycles. The van der Waals surface area contributed by atoms with E-state index in [4.69, 9.17) is 14.2 Å². The molecular formula is C30H46O5. The molecule has 196 valence electrons. The van der Waals surface area contributed by atoms with E-state index < -0.39 is 0 Å². The minimum Gasteiger partial charge on any atom is -0.463 e. The van der Waals surface area contributed by atoms with Crippen molar-refractivity contribution in [1.29, 1.82) is 0 Å². The molecule has 0 N–H and O–H groups in total. The molecule has 1 fully saturated rings. The van der Waals surface area contributed by atoms with E-state index in [1.165, 1.54) is 30.9 Å². The van der Waals surface area contributed by atoms with Crippen LogP contribution in [-0.4, -0.2) is 38.4 Å². The average Bonchev–Trinajstić information content (AvgIpc) is 2.88. The maximum absolute atomic E-state index is 12.7. The zero-order valence-electron chi connectivity index (χ0n) is 22.0. The Hall–Kier alpha value is -2.14. The molecule has 0 bridgehead atoms. The molecule has 0 saturated heterocycles. The second-order valence-corrected chi connectivity index (χ2v) is 9.86. The molecule has 1 aliphatic carbocycles. The number of esters is 2. The maximum atomic E-state index is 12.7. The first-order valence-electron chi connectivity index (χ1n) is 13.6. The molecule has 0 aliphatic heterocycles. The molecule has 0 spiro atoms. The number of aryl methyl sites for hydroxylation is 1. The Balaban J connectivity index is 1.66. The van der Waals surface area contributed by atoms with Crippen molar-refractivity contribution in [3.05, 3.63) is 48.0 Å². The lowest BCUT2D eigenvalue weighted by Crippen LogP contribution is -2.28. The van der Waals surface area contributed by atoms with E-state index in [-0.39, 0.29) is 18.0 Å². The van der Waals surface area contributed by atoms with Crippen LogP contribution in [0.3, 0.4) is 0 Å². The van der Waals surface area contributed by atoms with Crippen molar-refractivity contribution in [3.63, 3.8) is 0 Å². The van der Waals surface area contributed by atoms with Crippen molar-refractivity contribution in [3.8, 4) is 0 Å². The van der Waals surface area contributed by atoms with Gasteiger partial charge in [-0.05, 0) is 87.3 Å². The molecule has 0 amide bonds. The van der Waals surface area contributed by atoms with E-state index in [2.05, 4.69) is 13.5 Å². The number of benzene rings is 1. The van der Waals surface area contributed by atoms with Crippen LogP contribution in [0, 0.1) is 11.8 Å². The molecular weight excluding hydrogens is 440 g/mol. The van der Waals surface area contributed by atoms with Gasteiger partial charge in [-0.2, -0.15) is 0 Å². The van der Waals surface area contributed by atoms with Crippen LogP contribution in [0.15, 0.2) is 36.9 Å². The minimum atomic E-state index is -0.356. The summed E-state index contributed by atoms with van der Waals surface area (Å²) in [5.41, 5.74) is 1.87. The number of methoxy groups -OCH3 is 1. The van der Waals surface area contributed by atoms with Crippen molar-refractivity contribution in [2.24, 2.45) is 11.8 Å². The largest absolute Gasteiger partial charge is 0.463 e. The molecule has 2 rings (SSSR count). The molecule has 1 aliphatic rings. The van der Waals surface area contributed by atoms with Crippen LogP contribution < -0.4 is 0 Å². The Labute approximate surface area is 212 Å². The Morgan fingerprint density at radius 1 is 0.971 bits per heavy atom. The third-order valence-electron chi connectivity index (χ3n) is 7.20. The zero-order chi connectivity index (χ0) is 25.3. The second kappa shape index (κ2) is 17.3. The summed E-state index contributed by atoms with van der Waals surface area (Å²) in [6, 6.07) is 7.86. The van der Waals surface area contributed by atoms with E-state index in [0.29, 0.717) is 12.2 Å². The quantitative estimate of drug-likeness (QED) is 0.134. The molecule has 1 unspecified atom stereocenters. The first kappa shape index (κ1) is 29.1. The molecule has 1 aromatic rings. The summed E-state index contributed by atoms with van der Waals surface area (Å²) in [6.45, 7) is 6.96. The van der Waals surface area contributed by atoms with Crippen LogP contribution in [-0.2, 0) is 25.4 Å². The molecule has 0 aromatic heterocycles. The lowest BCUT2D eigenvalue weighted by molar-refractivity contribution is -0.137. The molecule has 5 heteroatoms. The second-order valence-electron chi connectivity index (χ2n) is 9.86. The SMILES string of the molecule is C=CC(=O)OCCCCCCc1ccc(C(=O)OC2CCC(C(CCC)CCCOC)CC2)cc1. The summed E-state index contributed by atoms with van der Waals surface area (Å²) in [5.74, 6) is 0.974. The summed E-state index contributed by atoms with van der Waals surface area (Å²) < 4.78 is 16.1. The molecule has 0 radical (unpaired) electrons. The van der Waals surface area contributed by atoms with E-state index in [1.54, 1.807) is 7.11 Å². The van der Waals surface area contributed by atoms with Gasteiger partial charge in [0.15, 0.2) is 0 Å². The van der Waals surface area contributed by atoms with Gasteiger partial charge in [-0.25, -0.2) is 9.59 Å². The Bertz CT molecular complexity index is 734. The molecule has 0 heterocycles. The molecule has 5 nitrogen and oxygen atoms in total. The van der Waals surface area contributed by atoms with Crippen LogP contribution in [0.1, 0.15) is 99.9 Å². The van der Waals surface area contributed by atoms with Gasteiger partial charge in [-0.15, -0.1) is 0 Å². The Morgan fingerprint density at radius 3 is 2.34 bits per heavy atom. The maximum Gasteiger partial charge on any atom is 0.338 e. The standard InChI is InChI=1S/C30H46O5/c1-4-11-25(13-10-22-33-3)26-18-20-28(21-19-26)35-30(32)27-16-14-24(15-17-27)12-8-6-7-9-23-34-29(31)5-2/h5,14-17,25-26,28H,2,4,6-13,18-23H2,1,3H3. The van der Waals surface area contributed by atoms with Crippen molar-refractivity contribution < 1.29 is 23.8 Å². The fraction of sp³-hybridized carbons (Fsp3) is 0.667. The van der Waals surface area contributed by atoms with Gasteiger partial charge in [0.2, 0.25) is 0 Å². The van der Waals surface area contributed by atoms with Crippen LogP contribution in [0.5, 0.6) is 0 Å². The van der Waals surface area contributed by atoms with Crippen molar-refractivity contribution in [2.45, 2.75) is 96.5 Å². The number of rotatable bonds is 17. The number of unbranched alkanes of at least 4 members (excludes halogenated alkanes) is 3. The fourth-order valence-electron chi connectivity index (χ4n) is 5.20. The van der Waals surface area contributed by atoms with Crippen molar-refractivity contribution >= 4 is 11.9 Å². The van der Waals surface area contributed by atoms with E-state index >= 15 is 0 Å². The number of hydrogen-bond donors (Lipinski definition) is 0. The molecule has 1 saturated carbocycles. The number of carbonyl (C=O) groups excluding carboxylic acids is 2. The third kappa shape index (κ3) is 11.4. The van der Waals surface area contributed by atoms with E-state index in [1.807, 2.05) is 24.3 Å². The van der Waals surface area contributed by atoms with Crippen LogP contribution in [0.25, 0.3) is 0 Å².